The van der Waals surface area contributed by atoms with Crippen LogP contribution < -0.4 is 4.90 Å². The van der Waals surface area contributed by atoms with Crippen LogP contribution in [0.15, 0.2) is 53.5 Å². The van der Waals surface area contributed by atoms with Crippen molar-refractivity contribution in [1.29, 1.82) is 0 Å². The average molecular weight is 371 g/mol. The van der Waals surface area contributed by atoms with E-state index in [4.69, 9.17) is 16.3 Å². The molecule has 0 bridgehead atoms. The van der Waals surface area contributed by atoms with Crippen LogP contribution in [0.5, 0.6) is 0 Å². The maximum absolute atomic E-state index is 12.6. The summed E-state index contributed by atoms with van der Waals surface area (Å²) < 4.78 is 4.97. The van der Waals surface area contributed by atoms with Crippen molar-refractivity contribution in [2.75, 3.05) is 24.6 Å². The van der Waals surface area contributed by atoms with E-state index in [1.165, 1.54) is 0 Å². The molecule has 26 heavy (non-hydrogen) atoms. The fourth-order valence-corrected chi connectivity index (χ4v) is 3.08. The Morgan fingerprint density at radius 3 is 2.73 bits per heavy atom. The van der Waals surface area contributed by atoms with Crippen LogP contribution in [0.2, 0.25) is 5.02 Å². The van der Waals surface area contributed by atoms with E-state index in [1.807, 2.05) is 30.3 Å². The zero-order chi connectivity index (χ0) is 18.5. The van der Waals surface area contributed by atoms with Gasteiger partial charge in [0.25, 0.3) is 0 Å². The highest BCUT2D eigenvalue weighted by molar-refractivity contribution is 6.32. The van der Waals surface area contributed by atoms with Crippen LogP contribution in [0.3, 0.4) is 0 Å². The molecule has 0 fully saturated rings. The number of halogens is 1. The summed E-state index contributed by atoms with van der Waals surface area (Å²) in [7, 11) is 0. The predicted molar refractivity (Wildman–Crippen MR) is 102 cm³/mol. The highest BCUT2D eigenvalue weighted by atomic mass is 35.5. The van der Waals surface area contributed by atoms with Crippen molar-refractivity contribution in [3.05, 3.63) is 64.7 Å². The number of hydrogen-bond donors (Lipinski definition) is 0. The van der Waals surface area contributed by atoms with Crippen LogP contribution in [0.4, 0.5) is 5.69 Å². The second-order valence-corrected chi connectivity index (χ2v) is 6.23. The van der Waals surface area contributed by atoms with E-state index in [1.54, 1.807) is 30.0 Å². The van der Waals surface area contributed by atoms with Crippen LogP contribution in [0, 0.1) is 0 Å². The molecule has 0 aromatic heterocycles. The molecule has 1 aliphatic heterocycles. The first-order valence-corrected chi connectivity index (χ1v) is 8.83. The first kappa shape index (κ1) is 18.1. The molecule has 0 N–H and O–H groups in total. The normalized spacial score (nSPS) is 13.7. The number of esters is 1. The number of carbonyl (C=O) groups excluding carboxylic acids is 2. The van der Waals surface area contributed by atoms with Gasteiger partial charge in [0.1, 0.15) is 6.54 Å². The van der Waals surface area contributed by atoms with Gasteiger partial charge in [0.15, 0.2) is 0 Å². The van der Waals surface area contributed by atoms with Gasteiger partial charge in [-0.3, -0.25) is 14.6 Å². The molecule has 0 saturated heterocycles. The number of ether oxygens (including phenoxy) is 1. The summed E-state index contributed by atoms with van der Waals surface area (Å²) in [6, 6.07) is 15.0. The Balaban J connectivity index is 1.99. The number of rotatable bonds is 5. The Kier molecular flexibility index (Phi) is 5.68. The molecule has 3 rings (SSSR count). The number of hydrogen-bond acceptors (Lipinski definition) is 4. The van der Waals surface area contributed by atoms with Gasteiger partial charge in [-0.2, -0.15) is 0 Å². The van der Waals surface area contributed by atoms with Crippen molar-refractivity contribution in [1.82, 2.24) is 0 Å². The first-order chi connectivity index (χ1) is 12.6. The van der Waals surface area contributed by atoms with Gasteiger partial charge >= 0.3 is 5.97 Å². The summed E-state index contributed by atoms with van der Waals surface area (Å²) in [5.74, 6) is -0.493. The standard InChI is InChI=1S/C20H19ClN2O3/c1-2-26-19(25)10-11-23-17-9-8-15(21)12-16(17)20(22-13-18(23)24)14-6-4-3-5-7-14/h3-9,12H,2,10-11,13H2,1H3. The lowest BCUT2D eigenvalue weighted by Crippen LogP contribution is -2.34. The smallest absolute Gasteiger partial charge is 0.307 e. The topological polar surface area (TPSA) is 59.0 Å². The summed E-state index contributed by atoms with van der Waals surface area (Å²) in [6.07, 6.45) is 0.127. The van der Waals surface area contributed by atoms with Crippen LogP contribution >= 0.6 is 11.6 Å². The lowest BCUT2D eigenvalue weighted by molar-refractivity contribution is -0.142. The van der Waals surface area contributed by atoms with E-state index in [0.29, 0.717) is 17.3 Å². The molecule has 0 radical (unpaired) electrons. The highest BCUT2D eigenvalue weighted by Crippen LogP contribution is 2.29. The van der Waals surface area contributed by atoms with Gasteiger partial charge in [0, 0.05) is 22.7 Å². The van der Waals surface area contributed by atoms with E-state index in [0.717, 1.165) is 16.8 Å². The van der Waals surface area contributed by atoms with Crippen LogP contribution in [-0.4, -0.2) is 37.3 Å². The maximum Gasteiger partial charge on any atom is 0.307 e. The van der Waals surface area contributed by atoms with Gasteiger partial charge in [-0.1, -0.05) is 41.9 Å². The molecule has 2 aromatic rings. The van der Waals surface area contributed by atoms with E-state index < -0.39 is 0 Å². The Morgan fingerprint density at radius 2 is 2.00 bits per heavy atom. The fraction of sp³-hybridized carbons (Fsp3) is 0.250. The summed E-state index contributed by atoms with van der Waals surface area (Å²) in [5, 5.41) is 0.562. The lowest BCUT2D eigenvalue weighted by Gasteiger charge is -2.23. The largest absolute Gasteiger partial charge is 0.466 e. The van der Waals surface area contributed by atoms with E-state index >= 15 is 0 Å². The zero-order valence-electron chi connectivity index (χ0n) is 14.4. The molecule has 6 heteroatoms. The highest BCUT2D eigenvalue weighted by Gasteiger charge is 2.25. The van der Waals surface area contributed by atoms with Gasteiger partial charge in [0.05, 0.1) is 24.4 Å². The van der Waals surface area contributed by atoms with Crippen molar-refractivity contribution >= 4 is 34.9 Å². The Morgan fingerprint density at radius 1 is 1.23 bits per heavy atom. The van der Waals surface area contributed by atoms with E-state index in [9.17, 15) is 9.59 Å². The zero-order valence-corrected chi connectivity index (χ0v) is 15.2. The van der Waals surface area contributed by atoms with Crippen molar-refractivity contribution in [2.45, 2.75) is 13.3 Å². The van der Waals surface area contributed by atoms with Gasteiger partial charge in [0.2, 0.25) is 5.91 Å². The van der Waals surface area contributed by atoms with Crippen LogP contribution in [0.25, 0.3) is 0 Å². The molecule has 0 atom stereocenters. The summed E-state index contributed by atoms with van der Waals surface area (Å²) >= 11 is 6.20. The van der Waals surface area contributed by atoms with E-state index in [2.05, 4.69) is 4.99 Å². The molecule has 134 valence electrons. The summed E-state index contributed by atoms with van der Waals surface area (Å²) in [6.45, 7) is 2.33. The third-order valence-corrected chi connectivity index (χ3v) is 4.31. The molecule has 5 nitrogen and oxygen atoms in total. The van der Waals surface area contributed by atoms with Gasteiger partial charge in [-0.05, 0) is 25.1 Å². The number of aliphatic imine (C=N–C) groups is 1. The molecule has 0 aliphatic carbocycles. The fourth-order valence-electron chi connectivity index (χ4n) is 2.91. The predicted octanol–water partition coefficient (Wildman–Crippen LogP) is 3.48. The Labute approximate surface area is 157 Å². The Hall–Kier alpha value is -2.66. The minimum Gasteiger partial charge on any atom is -0.466 e. The number of benzodiazepines with no additional fused rings is 1. The second kappa shape index (κ2) is 8.15. The molecular weight excluding hydrogens is 352 g/mol. The van der Waals surface area contributed by atoms with Gasteiger partial charge in [-0.25, -0.2) is 0 Å². The number of anilines is 1. The van der Waals surface area contributed by atoms with Gasteiger partial charge < -0.3 is 9.64 Å². The number of fused-ring (bicyclic) bond motifs is 1. The maximum atomic E-state index is 12.6. The molecule has 1 aliphatic rings. The number of carbonyl (C=O) groups is 2. The first-order valence-electron chi connectivity index (χ1n) is 8.46. The second-order valence-electron chi connectivity index (χ2n) is 5.79. The molecule has 1 amide bonds. The van der Waals surface area contributed by atoms with Crippen molar-refractivity contribution in [3.63, 3.8) is 0 Å². The van der Waals surface area contributed by atoms with Crippen molar-refractivity contribution < 1.29 is 14.3 Å². The van der Waals surface area contributed by atoms with Crippen LogP contribution in [-0.2, 0) is 14.3 Å². The molecule has 0 unspecified atom stereocenters. The minimum atomic E-state index is -0.329. The average Bonchev–Trinajstić information content (AvgIpc) is 2.77. The third-order valence-electron chi connectivity index (χ3n) is 4.07. The molecule has 0 saturated carbocycles. The Bertz CT molecular complexity index is 849. The number of amides is 1. The van der Waals surface area contributed by atoms with Crippen molar-refractivity contribution in [2.24, 2.45) is 4.99 Å². The van der Waals surface area contributed by atoms with Gasteiger partial charge in [-0.15, -0.1) is 0 Å². The third kappa shape index (κ3) is 3.94. The number of benzene rings is 2. The SMILES string of the molecule is CCOC(=O)CCN1C(=O)CN=C(c2ccccc2)c2cc(Cl)ccc21. The molecule has 1 heterocycles. The van der Waals surface area contributed by atoms with Crippen LogP contribution in [0.1, 0.15) is 24.5 Å². The molecular formula is C20H19ClN2O3. The van der Waals surface area contributed by atoms with E-state index in [-0.39, 0.29) is 31.4 Å². The van der Waals surface area contributed by atoms with Crippen molar-refractivity contribution in [3.8, 4) is 0 Å². The monoisotopic (exact) mass is 370 g/mol. The number of nitrogens with zero attached hydrogens (tertiary/aromatic N) is 2. The molecule has 0 spiro atoms. The lowest BCUT2D eigenvalue weighted by atomic mass is 10.00. The summed E-state index contributed by atoms with van der Waals surface area (Å²) in [4.78, 5) is 30.5. The molecule has 2 aromatic carbocycles. The quantitative estimate of drug-likeness (QED) is 0.757. The summed E-state index contributed by atoms with van der Waals surface area (Å²) in [5.41, 5.74) is 3.10. The minimum absolute atomic E-state index is 0.0132.